The number of hydrogen-bond donors (Lipinski definition) is 0. The van der Waals surface area contributed by atoms with E-state index in [1.165, 1.54) is 20.3 Å². The smallest absolute Gasteiger partial charge is 0.337 e. The highest BCUT2D eigenvalue weighted by Gasteiger charge is 2.18. The molecule has 1 aliphatic heterocycles. The van der Waals surface area contributed by atoms with Crippen molar-refractivity contribution in [3.05, 3.63) is 89.0 Å². The van der Waals surface area contributed by atoms with E-state index in [1.54, 1.807) is 30.3 Å². The Labute approximate surface area is 209 Å². The van der Waals surface area contributed by atoms with Gasteiger partial charge in [0.2, 0.25) is 0 Å². The average Bonchev–Trinajstić information content (AvgIpc) is 2.93. The lowest BCUT2D eigenvalue weighted by atomic mass is 10.1. The molecule has 3 aromatic rings. The number of rotatable bonds is 9. The Balaban J connectivity index is 1.48. The molecule has 0 saturated carbocycles. The molecule has 1 heterocycles. The maximum Gasteiger partial charge on any atom is 0.337 e. The van der Waals surface area contributed by atoms with Gasteiger partial charge in [-0.05, 0) is 47.5 Å². The first-order chi connectivity index (χ1) is 17.6. The van der Waals surface area contributed by atoms with Crippen LogP contribution in [-0.4, -0.2) is 39.4 Å². The summed E-state index contributed by atoms with van der Waals surface area (Å²) in [5, 5.41) is 0. The lowest BCUT2D eigenvalue weighted by Crippen LogP contribution is -2.16. The molecule has 0 atom stereocenters. The Bertz CT molecular complexity index is 1250. The number of carbonyl (C=O) groups is 2. The molecule has 186 valence electrons. The summed E-state index contributed by atoms with van der Waals surface area (Å²) in [4.78, 5) is 23.1. The van der Waals surface area contributed by atoms with Crippen molar-refractivity contribution in [2.75, 3.05) is 27.4 Å². The highest BCUT2D eigenvalue weighted by atomic mass is 16.6. The average molecular weight is 491 g/mol. The number of ether oxygens (including phenoxy) is 6. The van der Waals surface area contributed by atoms with E-state index in [9.17, 15) is 9.59 Å². The Hall–Kier alpha value is -4.46. The number of fused-ring (bicyclic) bond motifs is 1. The van der Waals surface area contributed by atoms with Gasteiger partial charge < -0.3 is 28.4 Å². The minimum absolute atomic E-state index is 0.228. The van der Waals surface area contributed by atoms with Crippen LogP contribution >= 0.6 is 0 Å². The van der Waals surface area contributed by atoms with Gasteiger partial charge >= 0.3 is 11.9 Å². The van der Waals surface area contributed by atoms with Crippen LogP contribution in [0.4, 0.5) is 0 Å². The van der Waals surface area contributed by atoms with E-state index < -0.39 is 11.9 Å². The van der Waals surface area contributed by atoms with E-state index in [2.05, 4.69) is 4.74 Å². The Morgan fingerprint density at radius 1 is 0.861 bits per heavy atom. The lowest BCUT2D eigenvalue weighted by molar-refractivity contribution is -0.134. The minimum atomic E-state index is -0.418. The maximum absolute atomic E-state index is 11.8. The summed E-state index contributed by atoms with van der Waals surface area (Å²) in [7, 11) is 2.68. The van der Waals surface area contributed by atoms with Gasteiger partial charge in [0.05, 0.1) is 19.8 Å². The van der Waals surface area contributed by atoms with Gasteiger partial charge in [-0.3, -0.25) is 0 Å². The van der Waals surface area contributed by atoms with E-state index in [0.29, 0.717) is 41.8 Å². The fourth-order valence-corrected chi connectivity index (χ4v) is 3.49. The lowest BCUT2D eigenvalue weighted by Gasteiger charge is -2.21. The van der Waals surface area contributed by atoms with Crippen LogP contribution in [0, 0.1) is 0 Å². The third-order valence-electron chi connectivity index (χ3n) is 5.36. The molecule has 0 spiro atoms. The zero-order valence-electron chi connectivity index (χ0n) is 20.0. The first kappa shape index (κ1) is 24.7. The summed E-state index contributed by atoms with van der Waals surface area (Å²) in [6.45, 7) is 1.39. The summed E-state index contributed by atoms with van der Waals surface area (Å²) in [5.41, 5.74) is 2.88. The van der Waals surface area contributed by atoms with Crippen molar-refractivity contribution in [3.8, 4) is 23.0 Å². The molecule has 0 bridgehead atoms. The van der Waals surface area contributed by atoms with Gasteiger partial charge in [0.15, 0.2) is 11.5 Å². The number of methoxy groups -OCH3 is 2. The van der Waals surface area contributed by atoms with Crippen molar-refractivity contribution in [1.29, 1.82) is 0 Å². The number of benzene rings is 3. The first-order valence-corrected chi connectivity index (χ1v) is 11.3. The SMILES string of the molecule is COC(=O)/C=C/c1ccc(OCc2cc3c(cc2OCc2cccc(C(=O)OC)c2)OCCO3)cc1. The van der Waals surface area contributed by atoms with Crippen LogP contribution in [-0.2, 0) is 27.5 Å². The predicted molar refractivity (Wildman–Crippen MR) is 131 cm³/mol. The van der Waals surface area contributed by atoms with Crippen LogP contribution in [0.25, 0.3) is 6.08 Å². The minimum Gasteiger partial charge on any atom is -0.489 e. The Morgan fingerprint density at radius 3 is 2.33 bits per heavy atom. The van der Waals surface area contributed by atoms with Crippen LogP contribution in [0.15, 0.2) is 66.7 Å². The molecule has 0 fully saturated rings. The topological polar surface area (TPSA) is 89.5 Å². The third kappa shape index (κ3) is 6.35. The highest BCUT2D eigenvalue weighted by Crippen LogP contribution is 2.37. The fourth-order valence-electron chi connectivity index (χ4n) is 3.49. The van der Waals surface area contributed by atoms with Crippen molar-refractivity contribution in [2.24, 2.45) is 0 Å². The van der Waals surface area contributed by atoms with Crippen LogP contribution in [0.3, 0.4) is 0 Å². The zero-order chi connectivity index (χ0) is 25.3. The molecule has 3 aromatic carbocycles. The molecule has 0 aromatic heterocycles. The van der Waals surface area contributed by atoms with Crippen LogP contribution in [0.5, 0.6) is 23.0 Å². The largest absolute Gasteiger partial charge is 0.489 e. The van der Waals surface area contributed by atoms with Gasteiger partial charge in [-0.25, -0.2) is 9.59 Å². The number of carbonyl (C=O) groups excluding carboxylic acids is 2. The van der Waals surface area contributed by atoms with E-state index >= 15 is 0 Å². The summed E-state index contributed by atoms with van der Waals surface area (Å²) >= 11 is 0. The molecule has 0 saturated heterocycles. The van der Waals surface area contributed by atoms with Crippen molar-refractivity contribution >= 4 is 18.0 Å². The molecule has 4 rings (SSSR count). The molecule has 1 aliphatic rings. The van der Waals surface area contributed by atoms with Gasteiger partial charge in [-0.15, -0.1) is 0 Å². The van der Waals surface area contributed by atoms with Crippen molar-refractivity contribution in [3.63, 3.8) is 0 Å². The summed E-state index contributed by atoms with van der Waals surface area (Å²) in [6, 6.07) is 18.0. The quantitative estimate of drug-likeness (QED) is 0.318. The fraction of sp³-hybridized carbons (Fsp3) is 0.214. The zero-order valence-corrected chi connectivity index (χ0v) is 20.0. The molecule has 36 heavy (non-hydrogen) atoms. The van der Waals surface area contributed by atoms with Gasteiger partial charge in [-0.1, -0.05) is 24.3 Å². The van der Waals surface area contributed by atoms with E-state index in [1.807, 2.05) is 36.4 Å². The van der Waals surface area contributed by atoms with Crippen LogP contribution in [0.2, 0.25) is 0 Å². The van der Waals surface area contributed by atoms with Gasteiger partial charge in [-0.2, -0.15) is 0 Å². The van der Waals surface area contributed by atoms with Gasteiger partial charge in [0, 0.05) is 17.7 Å². The Kier molecular flexibility index (Phi) is 8.08. The second kappa shape index (κ2) is 11.8. The molecular weight excluding hydrogens is 464 g/mol. The Morgan fingerprint density at radius 2 is 1.61 bits per heavy atom. The molecule has 8 nitrogen and oxygen atoms in total. The molecule has 0 amide bonds. The van der Waals surface area contributed by atoms with Gasteiger partial charge in [0.25, 0.3) is 0 Å². The van der Waals surface area contributed by atoms with Crippen molar-refractivity contribution in [2.45, 2.75) is 13.2 Å². The maximum atomic E-state index is 11.8. The van der Waals surface area contributed by atoms with Crippen LogP contribution < -0.4 is 18.9 Å². The molecule has 0 unspecified atom stereocenters. The normalized spacial score (nSPS) is 12.2. The predicted octanol–water partition coefficient (Wildman–Crippen LogP) is 4.59. The molecule has 8 heteroatoms. The van der Waals surface area contributed by atoms with Crippen molar-refractivity contribution in [1.82, 2.24) is 0 Å². The highest BCUT2D eigenvalue weighted by molar-refractivity contribution is 5.89. The number of hydrogen-bond acceptors (Lipinski definition) is 8. The standard InChI is InChI=1S/C28H26O8/c1-31-27(29)11-8-19-6-9-23(10-7-19)35-18-22-15-25-26(34-13-12-33-25)16-24(22)36-17-20-4-3-5-21(14-20)28(30)32-2/h3-11,14-16H,12-13,17-18H2,1-2H3/b11-8+. The summed E-state index contributed by atoms with van der Waals surface area (Å²) in [6.07, 6.45) is 3.02. The second-order valence-corrected chi connectivity index (χ2v) is 7.80. The van der Waals surface area contributed by atoms with E-state index in [4.69, 9.17) is 23.7 Å². The summed E-state index contributed by atoms with van der Waals surface area (Å²) in [5.74, 6) is 1.64. The second-order valence-electron chi connectivity index (χ2n) is 7.80. The monoisotopic (exact) mass is 490 g/mol. The molecule has 0 aliphatic carbocycles. The van der Waals surface area contributed by atoms with E-state index in [0.717, 1.165) is 16.7 Å². The van der Waals surface area contributed by atoms with Crippen LogP contribution in [0.1, 0.15) is 27.0 Å². The van der Waals surface area contributed by atoms with Crippen molar-refractivity contribution < 1.29 is 38.0 Å². The summed E-state index contributed by atoms with van der Waals surface area (Å²) < 4.78 is 32.9. The van der Waals surface area contributed by atoms with Gasteiger partial charge in [0.1, 0.15) is 37.9 Å². The first-order valence-electron chi connectivity index (χ1n) is 11.3. The molecule has 0 radical (unpaired) electrons. The third-order valence-corrected chi connectivity index (χ3v) is 5.36. The van der Waals surface area contributed by atoms with E-state index in [-0.39, 0.29) is 13.2 Å². The molecule has 0 N–H and O–H groups in total. The molecular formula is C28H26O8. The number of esters is 2.